The zero-order valence-electron chi connectivity index (χ0n) is 13.9. The van der Waals surface area contributed by atoms with E-state index in [1.165, 1.54) is 22.3 Å². The number of hydrogen-bond donors (Lipinski definition) is 0. The van der Waals surface area contributed by atoms with Crippen LogP contribution in [0.5, 0.6) is 0 Å². The molecular formula is C20H24N2. The number of rotatable bonds is 4. The van der Waals surface area contributed by atoms with Gasteiger partial charge in [0.15, 0.2) is 0 Å². The SMILES string of the molecule is CC(C1=C(C(C)N(C)C)Cc2ccccc21)c1ccccn1. The first-order valence-corrected chi connectivity index (χ1v) is 7.98. The van der Waals surface area contributed by atoms with E-state index in [9.17, 15) is 0 Å². The fourth-order valence-electron chi connectivity index (χ4n) is 3.39. The van der Waals surface area contributed by atoms with Gasteiger partial charge in [-0.05, 0) is 61.8 Å². The van der Waals surface area contributed by atoms with Gasteiger partial charge in [0.25, 0.3) is 0 Å². The molecule has 1 aromatic heterocycles. The van der Waals surface area contributed by atoms with Gasteiger partial charge in [-0.1, -0.05) is 37.3 Å². The third kappa shape index (κ3) is 2.59. The Morgan fingerprint density at radius 2 is 1.73 bits per heavy atom. The molecule has 0 spiro atoms. The first kappa shape index (κ1) is 15.0. The van der Waals surface area contributed by atoms with Gasteiger partial charge in [0, 0.05) is 23.9 Å². The molecule has 2 heteroatoms. The summed E-state index contributed by atoms with van der Waals surface area (Å²) in [4.78, 5) is 6.88. The number of fused-ring (bicyclic) bond motifs is 1. The average Bonchev–Trinajstić information content (AvgIpc) is 2.93. The summed E-state index contributed by atoms with van der Waals surface area (Å²) in [6, 6.07) is 15.4. The quantitative estimate of drug-likeness (QED) is 0.841. The van der Waals surface area contributed by atoms with E-state index in [4.69, 9.17) is 0 Å². The van der Waals surface area contributed by atoms with E-state index >= 15 is 0 Å². The summed E-state index contributed by atoms with van der Waals surface area (Å²) in [6.07, 6.45) is 2.95. The van der Waals surface area contributed by atoms with E-state index in [0.717, 1.165) is 12.1 Å². The number of hydrogen-bond acceptors (Lipinski definition) is 2. The molecular weight excluding hydrogens is 268 g/mol. The minimum absolute atomic E-state index is 0.322. The van der Waals surface area contributed by atoms with Crippen molar-refractivity contribution in [2.24, 2.45) is 0 Å². The smallest absolute Gasteiger partial charge is 0.0475 e. The molecule has 3 rings (SSSR count). The maximum Gasteiger partial charge on any atom is 0.0475 e. The van der Waals surface area contributed by atoms with E-state index in [1.807, 2.05) is 12.3 Å². The van der Waals surface area contributed by atoms with Crippen molar-refractivity contribution in [1.82, 2.24) is 9.88 Å². The van der Waals surface area contributed by atoms with Gasteiger partial charge < -0.3 is 4.90 Å². The lowest BCUT2D eigenvalue weighted by molar-refractivity contribution is 0.348. The van der Waals surface area contributed by atoms with Crippen molar-refractivity contribution in [1.29, 1.82) is 0 Å². The number of likely N-dealkylation sites (N-methyl/N-ethyl adjacent to an activating group) is 1. The fraction of sp³-hybridized carbons (Fsp3) is 0.350. The van der Waals surface area contributed by atoms with Crippen molar-refractivity contribution < 1.29 is 0 Å². The average molecular weight is 292 g/mol. The van der Waals surface area contributed by atoms with E-state index in [-0.39, 0.29) is 0 Å². The summed E-state index contributed by atoms with van der Waals surface area (Å²) in [6.45, 7) is 4.58. The molecule has 1 aliphatic rings. The Bertz CT molecular complexity index is 686. The number of pyridine rings is 1. The Balaban J connectivity index is 2.10. The van der Waals surface area contributed by atoms with Gasteiger partial charge in [-0.25, -0.2) is 0 Å². The van der Waals surface area contributed by atoms with Crippen LogP contribution in [0.3, 0.4) is 0 Å². The molecule has 0 amide bonds. The first-order chi connectivity index (χ1) is 10.6. The molecule has 1 heterocycles. The molecule has 0 saturated carbocycles. The Labute approximate surface area is 133 Å². The second-order valence-electron chi connectivity index (χ2n) is 6.39. The monoisotopic (exact) mass is 292 g/mol. The molecule has 0 saturated heterocycles. The lowest BCUT2D eigenvalue weighted by Gasteiger charge is -2.25. The van der Waals surface area contributed by atoms with Crippen LogP contribution in [0, 0.1) is 0 Å². The first-order valence-electron chi connectivity index (χ1n) is 7.98. The molecule has 22 heavy (non-hydrogen) atoms. The summed E-state index contributed by atoms with van der Waals surface area (Å²) >= 11 is 0. The third-order valence-corrected chi connectivity index (χ3v) is 4.88. The molecule has 2 unspecified atom stereocenters. The predicted molar refractivity (Wildman–Crippen MR) is 92.9 cm³/mol. The van der Waals surface area contributed by atoms with Crippen molar-refractivity contribution in [2.45, 2.75) is 32.2 Å². The van der Waals surface area contributed by atoms with Crippen LogP contribution in [-0.2, 0) is 6.42 Å². The Hall–Kier alpha value is -1.93. The van der Waals surface area contributed by atoms with E-state index in [2.05, 4.69) is 74.2 Å². The molecule has 0 N–H and O–H groups in total. The molecule has 1 aromatic carbocycles. The van der Waals surface area contributed by atoms with Crippen LogP contribution >= 0.6 is 0 Å². The van der Waals surface area contributed by atoms with E-state index in [0.29, 0.717) is 12.0 Å². The highest BCUT2D eigenvalue weighted by molar-refractivity contribution is 5.81. The lowest BCUT2D eigenvalue weighted by atomic mass is 9.88. The fourth-order valence-corrected chi connectivity index (χ4v) is 3.39. The summed E-state index contributed by atoms with van der Waals surface area (Å²) in [5, 5.41) is 0. The maximum absolute atomic E-state index is 4.59. The maximum atomic E-state index is 4.59. The molecule has 114 valence electrons. The summed E-state index contributed by atoms with van der Waals surface area (Å²) < 4.78 is 0. The molecule has 0 aliphatic heterocycles. The molecule has 0 radical (unpaired) electrons. The second-order valence-corrected chi connectivity index (χ2v) is 6.39. The van der Waals surface area contributed by atoms with Crippen LogP contribution in [0.1, 0.15) is 36.6 Å². The topological polar surface area (TPSA) is 16.1 Å². The van der Waals surface area contributed by atoms with Gasteiger partial charge in [-0.15, -0.1) is 0 Å². The van der Waals surface area contributed by atoms with Crippen LogP contribution < -0.4 is 0 Å². The molecule has 0 fully saturated rings. The van der Waals surface area contributed by atoms with Crippen LogP contribution in [0.25, 0.3) is 5.57 Å². The zero-order valence-corrected chi connectivity index (χ0v) is 13.9. The van der Waals surface area contributed by atoms with Crippen molar-refractivity contribution in [3.05, 3.63) is 71.1 Å². The summed E-state index contributed by atoms with van der Waals surface area (Å²) in [5.41, 5.74) is 7.01. The molecule has 1 aliphatic carbocycles. The minimum Gasteiger partial charge on any atom is -0.303 e. The van der Waals surface area contributed by atoms with Gasteiger partial charge in [-0.3, -0.25) is 4.98 Å². The number of aromatic nitrogens is 1. The van der Waals surface area contributed by atoms with Crippen LogP contribution in [0.15, 0.2) is 54.2 Å². The van der Waals surface area contributed by atoms with Crippen LogP contribution in [0.4, 0.5) is 0 Å². The molecule has 2 aromatic rings. The minimum atomic E-state index is 0.322. The van der Waals surface area contributed by atoms with E-state index in [1.54, 1.807) is 0 Å². The highest BCUT2D eigenvalue weighted by Gasteiger charge is 2.29. The normalized spacial score (nSPS) is 16.8. The number of nitrogens with zero attached hydrogens (tertiary/aromatic N) is 2. The van der Waals surface area contributed by atoms with Crippen LogP contribution in [-0.4, -0.2) is 30.0 Å². The number of allylic oxidation sites excluding steroid dienone is 1. The molecule has 2 nitrogen and oxygen atoms in total. The summed E-state index contributed by atoms with van der Waals surface area (Å²) in [7, 11) is 4.31. The number of benzene rings is 1. The van der Waals surface area contributed by atoms with Crippen molar-refractivity contribution in [2.75, 3.05) is 14.1 Å². The van der Waals surface area contributed by atoms with Crippen molar-refractivity contribution >= 4 is 5.57 Å². The standard InChI is InChI=1S/C20H24N2/c1-14(19-11-7-8-12-21-19)20-17-10-6-5-9-16(17)13-18(20)15(2)22(3)4/h5-12,14-15H,13H2,1-4H3. The predicted octanol–water partition coefficient (Wildman–Crippen LogP) is 4.15. The molecule has 0 bridgehead atoms. The van der Waals surface area contributed by atoms with Gasteiger partial charge in [-0.2, -0.15) is 0 Å². The lowest BCUT2D eigenvalue weighted by Crippen LogP contribution is -2.27. The Morgan fingerprint density at radius 3 is 2.41 bits per heavy atom. The summed E-state index contributed by atoms with van der Waals surface area (Å²) in [5.74, 6) is 0.322. The zero-order chi connectivity index (χ0) is 15.7. The van der Waals surface area contributed by atoms with Gasteiger partial charge >= 0.3 is 0 Å². The third-order valence-electron chi connectivity index (χ3n) is 4.88. The van der Waals surface area contributed by atoms with Crippen molar-refractivity contribution in [3.63, 3.8) is 0 Å². The van der Waals surface area contributed by atoms with Crippen molar-refractivity contribution in [3.8, 4) is 0 Å². The van der Waals surface area contributed by atoms with Crippen LogP contribution in [0.2, 0.25) is 0 Å². The van der Waals surface area contributed by atoms with Gasteiger partial charge in [0.2, 0.25) is 0 Å². The highest BCUT2D eigenvalue weighted by atomic mass is 15.1. The Kier molecular flexibility index (Phi) is 4.12. The Morgan fingerprint density at radius 1 is 1.00 bits per heavy atom. The van der Waals surface area contributed by atoms with Gasteiger partial charge in [0.1, 0.15) is 0 Å². The van der Waals surface area contributed by atoms with Gasteiger partial charge in [0.05, 0.1) is 0 Å². The second kappa shape index (κ2) is 6.05. The molecule has 2 atom stereocenters. The largest absolute Gasteiger partial charge is 0.303 e. The highest BCUT2D eigenvalue weighted by Crippen LogP contribution is 2.43. The van der Waals surface area contributed by atoms with E-state index < -0.39 is 0 Å².